The Morgan fingerprint density at radius 2 is 1.85 bits per heavy atom. The van der Waals surface area contributed by atoms with E-state index in [4.69, 9.17) is 14.7 Å². The summed E-state index contributed by atoms with van der Waals surface area (Å²) in [7, 11) is 1.52. The molecule has 0 atom stereocenters. The standard InChI is InChI=1S/C16H13NO3/c1-11-7-13(10-18)4-5-14(11)20-15-6-3-12(9-17)8-16(15)19-2/h3-8,10H,1-2H3. The SMILES string of the molecule is COc1cc(C#N)ccc1Oc1ccc(C=O)cc1C. The van der Waals surface area contributed by atoms with Gasteiger partial charge in [-0.25, -0.2) is 0 Å². The van der Waals surface area contributed by atoms with Crippen molar-refractivity contribution >= 4 is 6.29 Å². The van der Waals surface area contributed by atoms with Crippen LogP contribution < -0.4 is 9.47 Å². The monoisotopic (exact) mass is 267 g/mol. The molecule has 2 aromatic carbocycles. The highest BCUT2D eigenvalue weighted by Gasteiger charge is 2.09. The average Bonchev–Trinajstić information content (AvgIpc) is 2.49. The van der Waals surface area contributed by atoms with Gasteiger partial charge in [0.25, 0.3) is 0 Å². The van der Waals surface area contributed by atoms with Crippen molar-refractivity contribution in [1.82, 2.24) is 0 Å². The van der Waals surface area contributed by atoms with E-state index >= 15 is 0 Å². The molecule has 0 fully saturated rings. The van der Waals surface area contributed by atoms with E-state index in [1.54, 1.807) is 36.4 Å². The van der Waals surface area contributed by atoms with Gasteiger partial charge in [-0.05, 0) is 42.8 Å². The molecule has 0 radical (unpaired) electrons. The molecule has 20 heavy (non-hydrogen) atoms. The number of benzene rings is 2. The molecule has 0 amide bonds. The maximum absolute atomic E-state index is 10.7. The quantitative estimate of drug-likeness (QED) is 0.796. The van der Waals surface area contributed by atoms with Gasteiger partial charge >= 0.3 is 0 Å². The van der Waals surface area contributed by atoms with Gasteiger partial charge in [0, 0.05) is 11.6 Å². The third-order valence-corrected chi connectivity index (χ3v) is 2.85. The van der Waals surface area contributed by atoms with Gasteiger partial charge in [-0.1, -0.05) is 0 Å². The van der Waals surface area contributed by atoms with Gasteiger partial charge < -0.3 is 9.47 Å². The fraction of sp³-hybridized carbons (Fsp3) is 0.125. The summed E-state index contributed by atoms with van der Waals surface area (Å²) < 4.78 is 11.0. The molecule has 0 heterocycles. The number of nitrogens with zero attached hydrogens (tertiary/aromatic N) is 1. The number of nitriles is 1. The molecule has 0 unspecified atom stereocenters. The molecule has 0 bridgehead atoms. The van der Waals surface area contributed by atoms with Crippen LogP contribution in [0.2, 0.25) is 0 Å². The molecule has 4 heteroatoms. The predicted octanol–water partition coefficient (Wildman–Crippen LogP) is 3.48. The van der Waals surface area contributed by atoms with Crippen LogP contribution in [-0.4, -0.2) is 13.4 Å². The van der Waals surface area contributed by atoms with E-state index in [0.29, 0.717) is 28.4 Å². The molecule has 4 nitrogen and oxygen atoms in total. The zero-order chi connectivity index (χ0) is 14.5. The van der Waals surface area contributed by atoms with Crippen molar-refractivity contribution in [3.63, 3.8) is 0 Å². The molecule has 0 aromatic heterocycles. The van der Waals surface area contributed by atoms with Gasteiger partial charge in [0.2, 0.25) is 0 Å². The van der Waals surface area contributed by atoms with Gasteiger partial charge in [-0.15, -0.1) is 0 Å². The van der Waals surface area contributed by atoms with Gasteiger partial charge in [-0.2, -0.15) is 5.26 Å². The maximum Gasteiger partial charge on any atom is 0.169 e. The topological polar surface area (TPSA) is 59.3 Å². The fourth-order valence-electron chi connectivity index (χ4n) is 1.80. The second kappa shape index (κ2) is 5.89. The van der Waals surface area contributed by atoms with Crippen molar-refractivity contribution in [2.45, 2.75) is 6.92 Å². The van der Waals surface area contributed by atoms with E-state index in [2.05, 4.69) is 0 Å². The highest BCUT2D eigenvalue weighted by molar-refractivity contribution is 5.75. The van der Waals surface area contributed by atoms with Gasteiger partial charge in [-0.3, -0.25) is 4.79 Å². The van der Waals surface area contributed by atoms with E-state index in [9.17, 15) is 4.79 Å². The summed E-state index contributed by atoms with van der Waals surface area (Å²) in [6.07, 6.45) is 0.791. The Bertz CT molecular complexity index is 687. The first-order valence-electron chi connectivity index (χ1n) is 5.99. The first-order valence-corrected chi connectivity index (χ1v) is 5.99. The summed E-state index contributed by atoms with van der Waals surface area (Å²) in [4.78, 5) is 10.7. The zero-order valence-electron chi connectivity index (χ0n) is 11.2. The minimum Gasteiger partial charge on any atom is -0.493 e. The Balaban J connectivity index is 2.35. The number of methoxy groups -OCH3 is 1. The van der Waals surface area contributed by atoms with Gasteiger partial charge in [0.1, 0.15) is 12.0 Å². The molecule has 0 N–H and O–H groups in total. The van der Waals surface area contributed by atoms with Crippen LogP contribution in [0.25, 0.3) is 0 Å². The zero-order valence-corrected chi connectivity index (χ0v) is 11.2. The molecular weight excluding hydrogens is 254 g/mol. The van der Waals surface area contributed by atoms with Gasteiger partial charge in [0.15, 0.2) is 11.5 Å². The molecule has 2 rings (SSSR count). The van der Waals surface area contributed by atoms with Crippen LogP contribution in [0, 0.1) is 18.3 Å². The number of hydrogen-bond donors (Lipinski definition) is 0. The highest BCUT2D eigenvalue weighted by atomic mass is 16.5. The number of aldehydes is 1. The van der Waals surface area contributed by atoms with Gasteiger partial charge in [0.05, 0.1) is 18.7 Å². The van der Waals surface area contributed by atoms with Crippen LogP contribution in [0.5, 0.6) is 17.2 Å². The summed E-state index contributed by atoms with van der Waals surface area (Å²) in [6.45, 7) is 1.86. The smallest absolute Gasteiger partial charge is 0.169 e. The molecular formula is C16H13NO3. The maximum atomic E-state index is 10.7. The first kappa shape index (κ1) is 13.6. The van der Waals surface area contributed by atoms with Crippen molar-refractivity contribution in [3.05, 3.63) is 53.1 Å². The lowest BCUT2D eigenvalue weighted by Crippen LogP contribution is -1.93. The summed E-state index contributed by atoms with van der Waals surface area (Å²) in [6, 6.07) is 12.2. The Kier molecular flexibility index (Phi) is 4.02. The first-order chi connectivity index (χ1) is 9.67. The second-order valence-electron chi connectivity index (χ2n) is 4.22. The summed E-state index contributed by atoms with van der Waals surface area (Å²) in [5, 5.41) is 8.86. The minimum absolute atomic E-state index is 0.489. The molecule has 0 aliphatic rings. The third-order valence-electron chi connectivity index (χ3n) is 2.85. The molecule has 0 saturated carbocycles. The van der Waals surface area contributed by atoms with Crippen LogP contribution in [0.1, 0.15) is 21.5 Å². The Morgan fingerprint density at radius 3 is 2.45 bits per heavy atom. The number of carbonyl (C=O) groups excluding carboxylic acids is 1. The van der Waals surface area contributed by atoms with E-state index in [-0.39, 0.29) is 0 Å². The molecule has 2 aromatic rings. The Labute approximate surface area is 117 Å². The van der Waals surface area contributed by atoms with E-state index < -0.39 is 0 Å². The lowest BCUT2D eigenvalue weighted by molar-refractivity contribution is 0.112. The summed E-state index contributed by atoms with van der Waals surface area (Å²) >= 11 is 0. The van der Waals surface area contributed by atoms with Crippen molar-refractivity contribution in [3.8, 4) is 23.3 Å². The normalized spacial score (nSPS) is 9.65. The van der Waals surface area contributed by atoms with Crippen LogP contribution >= 0.6 is 0 Å². The van der Waals surface area contributed by atoms with Crippen molar-refractivity contribution in [2.24, 2.45) is 0 Å². The van der Waals surface area contributed by atoms with Crippen LogP contribution in [0.4, 0.5) is 0 Å². The highest BCUT2D eigenvalue weighted by Crippen LogP contribution is 2.33. The van der Waals surface area contributed by atoms with Crippen molar-refractivity contribution < 1.29 is 14.3 Å². The van der Waals surface area contributed by atoms with Crippen LogP contribution in [0.15, 0.2) is 36.4 Å². The van der Waals surface area contributed by atoms with Crippen molar-refractivity contribution in [2.75, 3.05) is 7.11 Å². The molecule has 0 saturated heterocycles. The molecule has 0 aliphatic carbocycles. The number of ether oxygens (including phenoxy) is 2. The number of carbonyl (C=O) groups is 1. The largest absolute Gasteiger partial charge is 0.493 e. The molecule has 100 valence electrons. The molecule has 0 spiro atoms. The Hall–Kier alpha value is -2.80. The number of hydrogen-bond acceptors (Lipinski definition) is 4. The van der Waals surface area contributed by atoms with E-state index in [1.165, 1.54) is 7.11 Å². The lowest BCUT2D eigenvalue weighted by Gasteiger charge is -2.12. The minimum atomic E-state index is 0.489. The van der Waals surface area contributed by atoms with Crippen LogP contribution in [0.3, 0.4) is 0 Å². The second-order valence-corrected chi connectivity index (χ2v) is 4.22. The van der Waals surface area contributed by atoms with E-state index in [0.717, 1.165) is 11.8 Å². The average molecular weight is 267 g/mol. The fourth-order valence-corrected chi connectivity index (χ4v) is 1.80. The summed E-state index contributed by atoms with van der Waals surface area (Å²) in [5.41, 5.74) is 1.95. The Morgan fingerprint density at radius 1 is 1.10 bits per heavy atom. The number of rotatable bonds is 4. The van der Waals surface area contributed by atoms with E-state index in [1.807, 2.05) is 13.0 Å². The summed E-state index contributed by atoms with van der Waals surface area (Å²) in [5.74, 6) is 1.65. The predicted molar refractivity (Wildman–Crippen MR) is 74.3 cm³/mol. The molecule has 0 aliphatic heterocycles. The van der Waals surface area contributed by atoms with Crippen molar-refractivity contribution in [1.29, 1.82) is 5.26 Å². The van der Waals surface area contributed by atoms with Crippen LogP contribution in [-0.2, 0) is 0 Å². The lowest BCUT2D eigenvalue weighted by atomic mass is 10.1. The third kappa shape index (κ3) is 2.78. The number of aryl methyl sites for hydroxylation is 1.